The first kappa shape index (κ1) is 19.5. The second-order valence-electron chi connectivity index (χ2n) is 6.49. The zero-order valence-electron chi connectivity index (χ0n) is 15.5. The summed E-state index contributed by atoms with van der Waals surface area (Å²) in [7, 11) is 0. The summed E-state index contributed by atoms with van der Waals surface area (Å²) in [4.78, 5) is 25.9. The molecule has 146 valence electrons. The van der Waals surface area contributed by atoms with E-state index in [1.54, 1.807) is 16.7 Å². The Morgan fingerprint density at radius 1 is 1.10 bits per heavy atom. The molecule has 5 nitrogen and oxygen atoms in total. The van der Waals surface area contributed by atoms with Gasteiger partial charge < -0.3 is 0 Å². The van der Waals surface area contributed by atoms with Crippen LogP contribution >= 0.6 is 23.4 Å². The van der Waals surface area contributed by atoms with Crippen molar-refractivity contribution >= 4 is 34.5 Å². The average molecular weight is 427 g/mol. The predicted molar refractivity (Wildman–Crippen MR) is 113 cm³/mol. The minimum Gasteiger partial charge on any atom is -0.281 e. The van der Waals surface area contributed by atoms with Crippen molar-refractivity contribution in [2.45, 2.75) is 24.4 Å². The molecule has 0 fully saturated rings. The summed E-state index contributed by atoms with van der Waals surface area (Å²) < 4.78 is 15.7. The van der Waals surface area contributed by atoms with Gasteiger partial charge in [-0.1, -0.05) is 59.3 Å². The molecule has 0 spiro atoms. The lowest BCUT2D eigenvalue weighted by Crippen LogP contribution is -2.25. The van der Waals surface area contributed by atoms with Gasteiger partial charge in [0, 0.05) is 28.7 Å². The van der Waals surface area contributed by atoms with Gasteiger partial charge in [0.25, 0.3) is 5.56 Å². The Bertz CT molecular complexity index is 1220. The van der Waals surface area contributed by atoms with Crippen molar-refractivity contribution in [1.29, 1.82) is 0 Å². The van der Waals surface area contributed by atoms with Gasteiger partial charge in [-0.2, -0.15) is 0 Å². The third-order valence-electron chi connectivity index (χ3n) is 4.43. The van der Waals surface area contributed by atoms with Gasteiger partial charge in [-0.15, -0.1) is 0 Å². The standard InChI is InChI=1S/C21H16ClFN4OS/c1-13-5-7-14(8-6-13)11-27-20(28)18-19(25-10-9-24-18)26-21(27)29-12-15-16(22)3-2-4-17(15)23/h2-10H,11-12H2,1H3. The molecule has 4 aromatic rings. The molecule has 0 aliphatic carbocycles. The summed E-state index contributed by atoms with van der Waals surface area (Å²) in [6, 6.07) is 12.5. The normalized spacial score (nSPS) is 11.1. The molecule has 2 aromatic carbocycles. The minimum atomic E-state index is -0.391. The lowest BCUT2D eigenvalue weighted by molar-refractivity contribution is 0.616. The molecule has 0 amide bonds. The van der Waals surface area contributed by atoms with Crippen LogP contribution in [0.3, 0.4) is 0 Å². The molecule has 0 saturated carbocycles. The van der Waals surface area contributed by atoms with Crippen molar-refractivity contribution in [3.63, 3.8) is 0 Å². The Kier molecular flexibility index (Phi) is 5.60. The predicted octanol–water partition coefficient (Wildman–Crippen LogP) is 4.63. The molecule has 0 unspecified atom stereocenters. The Labute approximate surface area is 175 Å². The van der Waals surface area contributed by atoms with Crippen LogP contribution in [0.1, 0.15) is 16.7 Å². The monoisotopic (exact) mass is 426 g/mol. The summed E-state index contributed by atoms with van der Waals surface area (Å²) in [5.41, 5.74) is 2.63. The Morgan fingerprint density at radius 2 is 1.86 bits per heavy atom. The Morgan fingerprint density at radius 3 is 2.62 bits per heavy atom. The maximum atomic E-state index is 14.2. The third-order valence-corrected chi connectivity index (χ3v) is 5.78. The number of halogens is 2. The molecular weight excluding hydrogens is 411 g/mol. The van der Waals surface area contributed by atoms with E-state index in [1.165, 1.54) is 30.2 Å². The van der Waals surface area contributed by atoms with Gasteiger partial charge in [-0.3, -0.25) is 9.36 Å². The van der Waals surface area contributed by atoms with E-state index in [4.69, 9.17) is 11.6 Å². The fraction of sp³-hybridized carbons (Fsp3) is 0.143. The lowest BCUT2D eigenvalue weighted by atomic mass is 10.1. The molecule has 29 heavy (non-hydrogen) atoms. The molecule has 0 radical (unpaired) electrons. The van der Waals surface area contributed by atoms with Crippen molar-refractivity contribution in [2.24, 2.45) is 0 Å². The zero-order chi connectivity index (χ0) is 20.4. The lowest BCUT2D eigenvalue weighted by Gasteiger charge is -2.13. The first-order valence-corrected chi connectivity index (χ1v) is 10.2. The maximum absolute atomic E-state index is 14.2. The molecule has 0 saturated heterocycles. The Balaban J connectivity index is 1.76. The van der Waals surface area contributed by atoms with Gasteiger partial charge in [-0.25, -0.2) is 19.3 Å². The number of aryl methyl sites for hydroxylation is 1. The topological polar surface area (TPSA) is 60.7 Å². The van der Waals surface area contributed by atoms with E-state index in [9.17, 15) is 9.18 Å². The summed E-state index contributed by atoms with van der Waals surface area (Å²) in [6.45, 7) is 2.33. The van der Waals surface area contributed by atoms with Gasteiger partial charge in [-0.05, 0) is 24.6 Å². The highest BCUT2D eigenvalue weighted by atomic mass is 35.5. The third kappa shape index (κ3) is 4.16. The number of fused-ring (bicyclic) bond motifs is 1. The molecule has 0 bridgehead atoms. The fourth-order valence-corrected chi connectivity index (χ4v) is 4.19. The van der Waals surface area contributed by atoms with Crippen LogP contribution in [0.15, 0.2) is 64.8 Å². The molecule has 4 rings (SSSR count). The smallest absolute Gasteiger partial charge is 0.281 e. The van der Waals surface area contributed by atoms with Crippen molar-refractivity contribution < 1.29 is 4.39 Å². The van der Waals surface area contributed by atoms with Crippen LogP contribution in [0.5, 0.6) is 0 Å². The van der Waals surface area contributed by atoms with Crippen LogP contribution < -0.4 is 5.56 Å². The zero-order valence-corrected chi connectivity index (χ0v) is 17.0. The van der Waals surface area contributed by atoms with Crippen LogP contribution in [0, 0.1) is 12.7 Å². The van der Waals surface area contributed by atoms with Crippen LogP contribution in [0.2, 0.25) is 5.02 Å². The van der Waals surface area contributed by atoms with Crippen LogP contribution in [-0.4, -0.2) is 19.5 Å². The molecule has 0 N–H and O–H groups in total. The molecular formula is C21H16ClFN4OS. The molecule has 2 heterocycles. The highest BCUT2D eigenvalue weighted by Gasteiger charge is 2.16. The first-order chi connectivity index (χ1) is 14.0. The highest BCUT2D eigenvalue weighted by molar-refractivity contribution is 7.98. The largest absolute Gasteiger partial charge is 0.282 e. The summed E-state index contributed by atoms with van der Waals surface area (Å²) in [5.74, 6) is -0.157. The fourth-order valence-electron chi connectivity index (χ4n) is 2.86. The number of hydrogen-bond donors (Lipinski definition) is 0. The first-order valence-electron chi connectivity index (χ1n) is 8.85. The molecule has 2 aromatic heterocycles. The number of benzene rings is 2. The van der Waals surface area contributed by atoms with E-state index in [1.807, 2.05) is 31.2 Å². The van der Waals surface area contributed by atoms with Gasteiger partial charge >= 0.3 is 0 Å². The summed E-state index contributed by atoms with van der Waals surface area (Å²) >= 11 is 7.38. The number of hydrogen-bond acceptors (Lipinski definition) is 5. The average Bonchev–Trinajstić information content (AvgIpc) is 2.72. The van der Waals surface area contributed by atoms with Gasteiger partial charge in [0.1, 0.15) is 5.82 Å². The van der Waals surface area contributed by atoms with Crippen molar-refractivity contribution in [2.75, 3.05) is 0 Å². The van der Waals surface area contributed by atoms with E-state index < -0.39 is 5.82 Å². The van der Waals surface area contributed by atoms with Gasteiger partial charge in [0.05, 0.1) is 6.54 Å². The molecule has 0 aliphatic rings. The van der Waals surface area contributed by atoms with E-state index in [0.29, 0.717) is 22.3 Å². The molecule has 0 aliphatic heterocycles. The number of thioether (sulfide) groups is 1. The van der Waals surface area contributed by atoms with Crippen molar-refractivity contribution in [3.8, 4) is 0 Å². The van der Waals surface area contributed by atoms with Gasteiger partial charge in [0.2, 0.25) is 0 Å². The highest BCUT2D eigenvalue weighted by Crippen LogP contribution is 2.28. The van der Waals surface area contributed by atoms with Crippen LogP contribution in [0.4, 0.5) is 4.39 Å². The number of rotatable bonds is 5. The van der Waals surface area contributed by atoms with E-state index >= 15 is 0 Å². The molecule has 8 heteroatoms. The summed E-state index contributed by atoms with van der Waals surface area (Å²) in [6.07, 6.45) is 2.95. The van der Waals surface area contributed by atoms with E-state index in [2.05, 4.69) is 15.0 Å². The Hall–Kier alpha value is -2.77. The van der Waals surface area contributed by atoms with Gasteiger partial charge in [0.15, 0.2) is 16.3 Å². The second-order valence-corrected chi connectivity index (χ2v) is 7.84. The van der Waals surface area contributed by atoms with Crippen molar-refractivity contribution in [3.05, 3.63) is 92.7 Å². The maximum Gasteiger partial charge on any atom is 0.282 e. The van der Waals surface area contributed by atoms with Crippen LogP contribution in [0.25, 0.3) is 11.2 Å². The molecule has 0 atom stereocenters. The van der Waals surface area contributed by atoms with E-state index in [0.717, 1.165) is 11.1 Å². The van der Waals surface area contributed by atoms with Crippen molar-refractivity contribution in [1.82, 2.24) is 19.5 Å². The summed E-state index contributed by atoms with van der Waals surface area (Å²) in [5, 5.41) is 0.772. The number of nitrogens with zero attached hydrogens (tertiary/aromatic N) is 4. The minimum absolute atomic E-state index is 0.202. The second kappa shape index (κ2) is 8.31. The van der Waals surface area contributed by atoms with Crippen LogP contribution in [-0.2, 0) is 12.3 Å². The number of aromatic nitrogens is 4. The SMILES string of the molecule is Cc1ccc(Cn2c(SCc3c(F)cccc3Cl)nc3nccnc3c2=O)cc1. The quantitative estimate of drug-likeness (QED) is 0.344. The van der Waals surface area contributed by atoms with E-state index in [-0.39, 0.29) is 22.5 Å².